The molecule has 3 heteroatoms. The van der Waals surface area contributed by atoms with Crippen LogP contribution in [0.3, 0.4) is 0 Å². The van der Waals surface area contributed by atoms with Gasteiger partial charge in [-0.05, 0) is 24.5 Å². The van der Waals surface area contributed by atoms with E-state index in [2.05, 4.69) is 10.2 Å². The minimum absolute atomic E-state index is 0.0666. The van der Waals surface area contributed by atoms with Crippen molar-refractivity contribution >= 4 is 5.69 Å². The summed E-state index contributed by atoms with van der Waals surface area (Å²) in [5.74, 6) is -0.0666. The van der Waals surface area contributed by atoms with Crippen LogP contribution in [0.2, 0.25) is 0 Å². The lowest BCUT2D eigenvalue weighted by atomic mass is 10.1. The smallest absolute Gasteiger partial charge is 0.146 e. The molecule has 2 aliphatic rings. The van der Waals surface area contributed by atoms with Crippen LogP contribution in [0.25, 0.3) is 0 Å². The molecule has 0 spiro atoms. The molecule has 1 fully saturated rings. The van der Waals surface area contributed by atoms with Gasteiger partial charge in [-0.15, -0.1) is 0 Å². The SMILES string of the molecule is Fc1cccc2c1N(C1CC1)CCNC2. The summed E-state index contributed by atoms with van der Waals surface area (Å²) in [6.07, 6.45) is 2.43. The van der Waals surface area contributed by atoms with E-state index in [-0.39, 0.29) is 5.82 Å². The van der Waals surface area contributed by atoms with Gasteiger partial charge >= 0.3 is 0 Å². The molecule has 1 aliphatic carbocycles. The van der Waals surface area contributed by atoms with E-state index in [4.69, 9.17) is 0 Å². The van der Waals surface area contributed by atoms with Gasteiger partial charge in [-0.25, -0.2) is 4.39 Å². The van der Waals surface area contributed by atoms with Crippen molar-refractivity contribution in [1.82, 2.24) is 5.32 Å². The highest BCUT2D eigenvalue weighted by atomic mass is 19.1. The van der Waals surface area contributed by atoms with Crippen molar-refractivity contribution in [3.05, 3.63) is 29.6 Å². The zero-order chi connectivity index (χ0) is 10.3. The van der Waals surface area contributed by atoms with Crippen LogP contribution >= 0.6 is 0 Å². The number of para-hydroxylation sites is 1. The number of hydrogen-bond donors (Lipinski definition) is 1. The van der Waals surface area contributed by atoms with E-state index < -0.39 is 0 Å². The first kappa shape index (κ1) is 9.16. The Hall–Kier alpha value is -1.09. The Labute approximate surface area is 89.1 Å². The van der Waals surface area contributed by atoms with Crippen molar-refractivity contribution in [2.24, 2.45) is 0 Å². The third-order valence-corrected chi connectivity index (χ3v) is 3.19. The lowest BCUT2D eigenvalue weighted by molar-refractivity contribution is 0.615. The summed E-state index contributed by atoms with van der Waals surface area (Å²) in [6, 6.07) is 5.97. The number of nitrogens with zero attached hydrogens (tertiary/aromatic N) is 1. The summed E-state index contributed by atoms with van der Waals surface area (Å²) in [7, 11) is 0. The maximum atomic E-state index is 13.8. The van der Waals surface area contributed by atoms with Crippen LogP contribution in [0.15, 0.2) is 18.2 Å². The highest BCUT2D eigenvalue weighted by Gasteiger charge is 2.32. The molecule has 1 aromatic rings. The van der Waals surface area contributed by atoms with E-state index in [9.17, 15) is 4.39 Å². The van der Waals surface area contributed by atoms with Crippen LogP contribution in [0.4, 0.5) is 10.1 Å². The fourth-order valence-corrected chi connectivity index (χ4v) is 2.31. The molecule has 0 amide bonds. The zero-order valence-corrected chi connectivity index (χ0v) is 8.67. The molecule has 1 aromatic carbocycles. The lowest BCUT2D eigenvalue weighted by Crippen LogP contribution is -2.31. The molecule has 1 aliphatic heterocycles. The second-order valence-electron chi connectivity index (χ2n) is 4.35. The molecule has 1 heterocycles. The highest BCUT2D eigenvalue weighted by molar-refractivity contribution is 5.57. The second-order valence-corrected chi connectivity index (χ2v) is 4.35. The zero-order valence-electron chi connectivity index (χ0n) is 8.67. The molecule has 0 aromatic heterocycles. The van der Waals surface area contributed by atoms with Crippen molar-refractivity contribution in [2.45, 2.75) is 25.4 Å². The Bertz CT molecular complexity index is 374. The maximum Gasteiger partial charge on any atom is 0.146 e. The third-order valence-electron chi connectivity index (χ3n) is 3.19. The van der Waals surface area contributed by atoms with Crippen LogP contribution < -0.4 is 10.2 Å². The van der Waals surface area contributed by atoms with E-state index in [1.807, 2.05) is 6.07 Å². The second kappa shape index (κ2) is 3.49. The van der Waals surface area contributed by atoms with E-state index in [0.29, 0.717) is 6.04 Å². The minimum atomic E-state index is -0.0666. The summed E-state index contributed by atoms with van der Waals surface area (Å²) in [5.41, 5.74) is 1.93. The lowest BCUT2D eigenvalue weighted by Gasteiger charge is -2.24. The van der Waals surface area contributed by atoms with Gasteiger partial charge in [0.15, 0.2) is 0 Å². The number of benzene rings is 1. The average Bonchev–Trinajstić information content (AvgIpc) is 3.03. The van der Waals surface area contributed by atoms with Crippen LogP contribution in [-0.4, -0.2) is 19.1 Å². The van der Waals surface area contributed by atoms with Gasteiger partial charge in [0.2, 0.25) is 0 Å². The summed E-state index contributed by atoms with van der Waals surface area (Å²) < 4.78 is 13.8. The number of halogens is 1. The molecule has 1 saturated carbocycles. The predicted octanol–water partition coefficient (Wildman–Crippen LogP) is 1.90. The normalized spacial score (nSPS) is 21.0. The van der Waals surface area contributed by atoms with Gasteiger partial charge in [0.25, 0.3) is 0 Å². The van der Waals surface area contributed by atoms with E-state index in [1.165, 1.54) is 12.8 Å². The number of nitrogens with one attached hydrogen (secondary N) is 1. The molecule has 0 bridgehead atoms. The van der Waals surface area contributed by atoms with Gasteiger partial charge in [0.05, 0.1) is 5.69 Å². The van der Waals surface area contributed by atoms with Crippen LogP contribution in [0, 0.1) is 5.82 Å². The standard InChI is InChI=1S/C12H15FN2/c13-11-3-1-2-9-8-14-6-7-15(12(9)11)10-4-5-10/h1-3,10,14H,4-8H2. The molecule has 2 nitrogen and oxygen atoms in total. The predicted molar refractivity (Wildman–Crippen MR) is 58.5 cm³/mol. The van der Waals surface area contributed by atoms with Gasteiger partial charge in [0, 0.05) is 25.7 Å². The van der Waals surface area contributed by atoms with E-state index in [1.54, 1.807) is 12.1 Å². The van der Waals surface area contributed by atoms with E-state index in [0.717, 1.165) is 30.9 Å². The number of rotatable bonds is 1. The van der Waals surface area contributed by atoms with E-state index >= 15 is 0 Å². The molecule has 80 valence electrons. The monoisotopic (exact) mass is 206 g/mol. The summed E-state index contributed by atoms with van der Waals surface area (Å²) >= 11 is 0. The first-order chi connectivity index (χ1) is 7.36. The molecule has 1 N–H and O–H groups in total. The summed E-state index contributed by atoms with van der Waals surface area (Å²) in [6.45, 7) is 2.67. The largest absolute Gasteiger partial charge is 0.365 e. The number of anilines is 1. The molecule has 0 unspecified atom stereocenters. The minimum Gasteiger partial charge on any atom is -0.365 e. The van der Waals surface area contributed by atoms with Crippen molar-refractivity contribution in [1.29, 1.82) is 0 Å². The Balaban J connectivity index is 2.05. The fourth-order valence-electron chi connectivity index (χ4n) is 2.31. The molecule has 0 saturated heterocycles. The van der Waals surface area contributed by atoms with Gasteiger partial charge in [-0.3, -0.25) is 0 Å². The highest BCUT2D eigenvalue weighted by Crippen LogP contribution is 2.35. The van der Waals surface area contributed by atoms with Crippen molar-refractivity contribution < 1.29 is 4.39 Å². The van der Waals surface area contributed by atoms with Gasteiger partial charge in [0.1, 0.15) is 5.82 Å². The van der Waals surface area contributed by atoms with Gasteiger partial charge in [-0.2, -0.15) is 0 Å². The topological polar surface area (TPSA) is 15.3 Å². The van der Waals surface area contributed by atoms with Crippen LogP contribution in [0.1, 0.15) is 18.4 Å². The van der Waals surface area contributed by atoms with Crippen molar-refractivity contribution in [3.63, 3.8) is 0 Å². The maximum absolute atomic E-state index is 13.8. The molecular weight excluding hydrogens is 191 g/mol. The molecular formula is C12H15FN2. The van der Waals surface area contributed by atoms with Crippen molar-refractivity contribution in [2.75, 3.05) is 18.0 Å². The molecule has 3 rings (SSSR count). The fraction of sp³-hybridized carbons (Fsp3) is 0.500. The van der Waals surface area contributed by atoms with Crippen molar-refractivity contribution in [3.8, 4) is 0 Å². The number of hydrogen-bond acceptors (Lipinski definition) is 2. The Morgan fingerprint density at radius 2 is 2.20 bits per heavy atom. The van der Waals surface area contributed by atoms with Crippen LogP contribution in [-0.2, 0) is 6.54 Å². The molecule has 0 radical (unpaired) electrons. The molecule has 0 atom stereocenters. The quantitative estimate of drug-likeness (QED) is 0.755. The Morgan fingerprint density at radius 1 is 1.33 bits per heavy atom. The first-order valence-electron chi connectivity index (χ1n) is 5.61. The average molecular weight is 206 g/mol. The third kappa shape index (κ3) is 1.61. The summed E-state index contributed by atoms with van der Waals surface area (Å²) in [5, 5.41) is 3.33. The Morgan fingerprint density at radius 3 is 3.00 bits per heavy atom. The van der Waals surface area contributed by atoms with Crippen LogP contribution in [0.5, 0.6) is 0 Å². The summed E-state index contributed by atoms with van der Waals surface area (Å²) in [4.78, 5) is 2.24. The van der Waals surface area contributed by atoms with Gasteiger partial charge < -0.3 is 10.2 Å². The first-order valence-corrected chi connectivity index (χ1v) is 5.61. The van der Waals surface area contributed by atoms with Gasteiger partial charge in [-0.1, -0.05) is 12.1 Å². The number of fused-ring (bicyclic) bond motifs is 1. The Kier molecular flexibility index (Phi) is 2.13. The molecule has 15 heavy (non-hydrogen) atoms.